The Morgan fingerprint density at radius 3 is 2.08 bits per heavy atom. The second-order valence-corrected chi connectivity index (χ2v) is 13.3. The van der Waals surface area contributed by atoms with Gasteiger partial charge in [0, 0.05) is 49.6 Å². The van der Waals surface area contributed by atoms with Crippen LogP contribution in [0, 0.1) is 0 Å². The lowest BCUT2D eigenvalue weighted by Gasteiger charge is -2.46. The van der Waals surface area contributed by atoms with Crippen molar-refractivity contribution >= 4 is 16.8 Å². The van der Waals surface area contributed by atoms with Crippen LogP contribution in [0.2, 0.25) is 0 Å². The summed E-state index contributed by atoms with van der Waals surface area (Å²) in [7, 11) is 0. The van der Waals surface area contributed by atoms with Gasteiger partial charge in [0.25, 0.3) is 0 Å². The van der Waals surface area contributed by atoms with E-state index >= 15 is 0 Å². The van der Waals surface area contributed by atoms with Crippen LogP contribution in [0.3, 0.4) is 0 Å². The number of ether oxygens (including phenoxy) is 6. The normalized spacial score (nSPS) is 20.1. The molecule has 0 bridgehead atoms. The zero-order valence-corrected chi connectivity index (χ0v) is 30.4. The van der Waals surface area contributed by atoms with E-state index in [1.807, 2.05) is 91.1 Å². The molecule has 3 aromatic carbocycles. The molecule has 5 atom stereocenters. The highest BCUT2D eigenvalue weighted by Crippen LogP contribution is 2.32. The fourth-order valence-corrected chi connectivity index (χ4v) is 6.51. The van der Waals surface area contributed by atoms with E-state index in [4.69, 9.17) is 28.4 Å². The van der Waals surface area contributed by atoms with E-state index < -0.39 is 30.7 Å². The van der Waals surface area contributed by atoms with Crippen molar-refractivity contribution in [2.45, 2.75) is 83.1 Å². The second kappa shape index (κ2) is 20.7. The maximum atomic E-state index is 11.2. The van der Waals surface area contributed by atoms with Gasteiger partial charge in [-0.1, -0.05) is 78.9 Å². The molecule has 6 rings (SSSR count). The van der Waals surface area contributed by atoms with E-state index in [0.717, 1.165) is 41.5 Å². The first-order chi connectivity index (χ1) is 26.1. The van der Waals surface area contributed by atoms with Crippen molar-refractivity contribution in [3.8, 4) is 0 Å². The molecule has 2 aromatic heterocycles. The number of amides is 1. The van der Waals surface area contributed by atoms with Crippen molar-refractivity contribution in [3.63, 3.8) is 0 Å². The van der Waals surface area contributed by atoms with Gasteiger partial charge in [0.2, 0.25) is 5.91 Å². The number of para-hydroxylation sites is 1. The van der Waals surface area contributed by atoms with Gasteiger partial charge in [-0.3, -0.25) is 9.78 Å². The average molecular weight is 722 g/mol. The van der Waals surface area contributed by atoms with Crippen LogP contribution in [-0.2, 0) is 59.5 Å². The summed E-state index contributed by atoms with van der Waals surface area (Å²) in [5, 5.41) is 4.03. The smallest absolute Gasteiger partial charge is 0.216 e. The number of hydrogen-bond donors (Lipinski definition) is 2. The number of H-pyrrole nitrogens is 1. The molecule has 2 N–H and O–H groups in total. The number of nitrogens with one attached hydrogen (secondary N) is 2. The molecule has 3 heterocycles. The molecule has 5 aromatic rings. The zero-order chi connectivity index (χ0) is 36.5. The molecule has 280 valence electrons. The van der Waals surface area contributed by atoms with Crippen LogP contribution in [0.25, 0.3) is 10.9 Å². The Morgan fingerprint density at radius 1 is 0.717 bits per heavy atom. The minimum absolute atomic E-state index is 0.0122. The molecule has 53 heavy (non-hydrogen) atoms. The van der Waals surface area contributed by atoms with Crippen molar-refractivity contribution in [2.75, 3.05) is 26.4 Å². The highest BCUT2D eigenvalue weighted by Gasteiger charge is 2.49. The molecule has 1 saturated heterocycles. The number of aromatic nitrogens is 2. The van der Waals surface area contributed by atoms with E-state index in [1.54, 1.807) is 12.4 Å². The Labute approximate surface area is 312 Å². The number of carbonyl (C=O) groups excluding carboxylic acids is 1. The summed E-state index contributed by atoms with van der Waals surface area (Å²) < 4.78 is 40.0. The van der Waals surface area contributed by atoms with Crippen LogP contribution < -0.4 is 5.32 Å². The first kappa shape index (κ1) is 38.3. The highest BCUT2D eigenvalue weighted by atomic mass is 16.7. The highest BCUT2D eigenvalue weighted by molar-refractivity contribution is 5.83. The molecule has 1 aliphatic heterocycles. The van der Waals surface area contributed by atoms with Crippen molar-refractivity contribution in [3.05, 3.63) is 138 Å². The summed E-state index contributed by atoms with van der Waals surface area (Å²) in [4.78, 5) is 18.8. The summed E-state index contributed by atoms with van der Waals surface area (Å²) in [5.74, 6) is -0.0122. The van der Waals surface area contributed by atoms with E-state index in [2.05, 4.69) is 27.4 Å². The number of carbonyl (C=O) groups is 1. The Kier molecular flexibility index (Phi) is 15.0. The molecule has 10 heteroatoms. The maximum absolute atomic E-state index is 11.2. The Bertz CT molecular complexity index is 1770. The van der Waals surface area contributed by atoms with E-state index in [-0.39, 0.29) is 12.5 Å². The second-order valence-electron chi connectivity index (χ2n) is 13.3. The Balaban J connectivity index is 1.23. The van der Waals surface area contributed by atoms with Gasteiger partial charge in [-0.25, -0.2) is 0 Å². The molecule has 1 fully saturated rings. The number of unbranched alkanes of at least 4 members (excludes halogenated alkanes) is 2. The fourth-order valence-electron chi connectivity index (χ4n) is 6.51. The largest absolute Gasteiger partial charge is 0.379 e. The minimum atomic E-state index is -0.753. The van der Waals surface area contributed by atoms with Crippen LogP contribution in [0.4, 0.5) is 0 Å². The van der Waals surface area contributed by atoms with Crippen molar-refractivity contribution in [2.24, 2.45) is 0 Å². The predicted molar refractivity (Wildman–Crippen MR) is 203 cm³/mol. The van der Waals surface area contributed by atoms with Crippen LogP contribution in [0.5, 0.6) is 0 Å². The zero-order valence-electron chi connectivity index (χ0n) is 30.4. The monoisotopic (exact) mass is 721 g/mol. The van der Waals surface area contributed by atoms with Crippen LogP contribution in [0.1, 0.15) is 48.4 Å². The SMILES string of the molecule is CC(=O)NCCCCCOC[C@H]1O[C@@H](OCCc2c[nH]c3ccccc23)[C@H](OCc2ccccc2)[C@@H](OCc2ccccc2)[C@@H]1OCc1ccncc1. The average Bonchev–Trinajstić information content (AvgIpc) is 3.61. The molecule has 0 radical (unpaired) electrons. The molecule has 0 saturated carbocycles. The lowest BCUT2D eigenvalue weighted by atomic mass is 9.97. The standard InChI is InChI=1S/C43H51N3O7/c1-32(47)45-22-11-4-12-25-48-31-39-40(50-30-35-19-23-44-24-20-35)41(51-28-33-13-5-2-6-14-33)42(52-29-34-15-7-3-8-16-34)43(53-39)49-26-21-36-27-46-38-18-10-9-17-37(36)38/h2-3,5-10,13-20,23-24,27,39-43,46H,4,11-12,21-22,25-26,28-31H2,1H3,(H,45,47)/t39-,40-,41+,42-,43-/m1/s1. The molecule has 1 aliphatic rings. The van der Waals surface area contributed by atoms with Gasteiger partial charge in [-0.15, -0.1) is 0 Å². The fraction of sp³-hybridized carbons (Fsp3) is 0.395. The van der Waals surface area contributed by atoms with Gasteiger partial charge < -0.3 is 38.7 Å². The molecular formula is C43H51N3O7. The summed E-state index contributed by atoms with van der Waals surface area (Å²) in [6.07, 6.45) is 5.96. The molecule has 10 nitrogen and oxygen atoms in total. The summed E-state index contributed by atoms with van der Waals surface area (Å²) >= 11 is 0. The summed E-state index contributed by atoms with van der Waals surface area (Å²) in [5.41, 5.74) is 5.32. The molecule has 0 aliphatic carbocycles. The van der Waals surface area contributed by atoms with Gasteiger partial charge in [0.15, 0.2) is 6.29 Å². The third-order valence-corrected chi connectivity index (χ3v) is 9.30. The van der Waals surface area contributed by atoms with Crippen molar-refractivity contribution < 1.29 is 33.2 Å². The third-order valence-electron chi connectivity index (χ3n) is 9.30. The lowest BCUT2D eigenvalue weighted by molar-refractivity contribution is -0.328. The minimum Gasteiger partial charge on any atom is -0.379 e. The number of hydrogen-bond acceptors (Lipinski definition) is 8. The predicted octanol–water partition coefficient (Wildman–Crippen LogP) is 6.93. The lowest BCUT2D eigenvalue weighted by Crippen LogP contribution is -2.61. The number of pyridine rings is 1. The first-order valence-electron chi connectivity index (χ1n) is 18.6. The molecule has 0 spiro atoms. The van der Waals surface area contributed by atoms with Crippen LogP contribution in [-0.4, -0.2) is 72.9 Å². The summed E-state index contributed by atoms with van der Waals surface area (Å²) in [6, 6.07) is 32.3. The van der Waals surface area contributed by atoms with E-state index in [0.29, 0.717) is 46.0 Å². The van der Waals surface area contributed by atoms with Crippen molar-refractivity contribution in [1.29, 1.82) is 0 Å². The van der Waals surface area contributed by atoms with Crippen LogP contribution >= 0.6 is 0 Å². The van der Waals surface area contributed by atoms with Gasteiger partial charge >= 0.3 is 0 Å². The maximum Gasteiger partial charge on any atom is 0.216 e. The number of nitrogens with zero attached hydrogens (tertiary/aromatic N) is 1. The topological polar surface area (TPSA) is 113 Å². The molecule has 1 amide bonds. The quantitative estimate of drug-likeness (QED) is 0.0786. The van der Waals surface area contributed by atoms with E-state index in [1.165, 1.54) is 17.9 Å². The van der Waals surface area contributed by atoms with Crippen molar-refractivity contribution in [1.82, 2.24) is 15.3 Å². The number of benzene rings is 3. The Hall–Kier alpha value is -4.42. The van der Waals surface area contributed by atoms with Gasteiger partial charge in [0.05, 0.1) is 33.0 Å². The van der Waals surface area contributed by atoms with Gasteiger partial charge in [-0.2, -0.15) is 0 Å². The van der Waals surface area contributed by atoms with Gasteiger partial charge in [0.1, 0.15) is 24.4 Å². The van der Waals surface area contributed by atoms with Crippen LogP contribution in [0.15, 0.2) is 116 Å². The molecule has 0 unspecified atom stereocenters. The summed E-state index contributed by atoms with van der Waals surface area (Å²) in [6.45, 7) is 4.47. The Morgan fingerprint density at radius 2 is 1.36 bits per heavy atom. The number of aromatic amines is 1. The number of fused-ring (bicyclic) bond motifs is 1. The third kappa shape index (κ3) is 11.8. The molecular weight excluding hydrogens is 670 g/mol. The van der Waals surface area contributed by atoms with E-state index in [9.17, 15) is 4.79 Å². The van der Waals surface area contributed by atoms with Gasteiger partial charge in [-0.05, 0) is 66.1 Å². The first-order valence-corrected chi connectivity index (χ1v) is 18.6. The number of rotatable bonds is 21.